The van der Waals surface area contributed by atoms with Gasteiger partial charge in [0.1, 0.15) is 5.82 Å². The molecule has 0 N–H and O–H groups in total. The first-order valence-corrected chi connectivity index (χ1v) is 9.54. The monoisotopic (exact) mass is 343 g/mol. The number of nitrogens with zero attached hydrogens (tertiary/aromatic N) is 5. The lowest BCUT2D eigenvalue weighted by Crippen LogP contribution is -2.36. The van der Waals surface area contributed by atoms with Crippen molar-refractivity contribution in [2.75, 3.05) is 13.1 Å². The standard InChI is InChI=1S/C18H25N5S/c1-13-10-23-16(14(2)20-18(23)24-13)12-22-7-4-5-15(11-22)9-17-19-6-8-21(17)3/h6,8,10,15H,4-5,7,9,11-12H2,1-3H3/t15-/m1/s1. The number of rotatable bonds is 4. The zero-order chi connectivity index (χ0) is 16.7. The Hall–Kier alpha value is -1.66. The summed E-state index contributed by atoms with van der Waals surface area (Å²) in [5.74, 6) is 1.91. The molecule has 5 nitrogen and oxygen atoms in total. The second-order valence-electron chi connectivity index (χ2n) is 7.04. The maximum absolute atomic E-state index is 4.73. The summed E-state index contributed by atoms with van der Waals surface area (Å²) in [5.41, 5.74) is 2.53. The van der Waals surface area contributed by atoms with Crippen LogP contribution in [0.15, 0.2) is 18.6 Å². The summed E-state index contributed by atoms with van der Waals surface area (Å²) in [6, 6.07) is 0. The Bertz CT molecular complexity index is 843. The molecular formula is C18H25N5S. The van der Waals surface area contributed by atoms with Crippen molar-refractivity contribution in [3.05, 3.63) is 40.7 Å². The van der Waals surface area contributed by atoms with Crippen LogP contribution in [-0.4, -0.2) is 36.9 Å². The van der Waals surface area contributed by atoms with Crippen LogP contribution in [0.1, 0.15) is 34.9 Å². The van der Waals surface area contributed by atoms with Gasteiger partial charge in [-0.2, -0.15) is 0 Å². The molecule has 24 heavy (non-hydrogen) atoms. The van der Waals surface area contributed by atoms with Gasteiger partial charge in [-0.3, -0.25) is 9.30 Å². The molecule has 4 rings (SSSR count). The molecule has 3 aromatic rings. The van der Waals surface area contributed by atoms with E-state index in [1.165, 1.54) is 41.5 Å². The van der Waals surface area contributed by atoms with Gasteiger partial charge in [0, 0.05) is 50.0 Å². The Balaban J connectivity index is 1.48. The van der Waals surface area contributed by atoms with E-state index >= 15 is 0 Å². The predicted molar refractivity (Wildman–Crippen MR) is 97.5 cm³/mol. The first-order chi connectivity index (χ1) is 11.6. The summed E-state index contributed by atoms with van der Waals surface area (Å²) >= 11 is 1.78. The summed E-state index contributed by atoms with van der Waals surface area (Å²) in [5, 5.41) is 0. The third kappa shape index (κ3) is 3.00. The number of aromatic nitrogens is 4. The second-order valence-corrected chi connectivity index (χ2v) is 8.25. The summed E-state index contributed by atoms with van der Waals surface area (Å²) < 4.78 is 4.44. The highest BCUT2D eigenvalue weighted by Gasteiger charge is 2.23. The molecule has 0 spiro atoms. The van der Waals surface area contributed by atoms with Crippen molar-refractivity contribution < 1.29 is 0 Å². The van der Waals surface area contributed by atoms with Crippen molar-refractivity contribution in [3.8, 4) is 0 Å². The van der Waals surface area contributed by atoms with Crippen LogP contribution in [-0.2, 0) is 20.0 Å². The highest BCUT2D eigenvalue weighted by molar-refractivity contribution is 7.17. The quantitative estimate of drug-likeness (QED) is 0.730. The lowest BCUT2D eigenvalue weighted by molar-refractivity contribution is 0.163. The van der Waals surface area contributed by atoms with Gasteiger partial charge in [0.2, 0.25) is 0 Å². The van der Waals surface area contributed by atoms with E-state index < -0.39 is 0 Å². The molecule has 0 saturated carbocycles. The van der Waals surface area contributed by atoms with Crippen LogP contribution >= 0.6 is 11.3 Å². The van der Waals surface area contributed by atoms with E-state index in [2.05, 4.69) is 45.9 Å². The normalized spacial score (nSPS) is 19.4. The van der Waals surface area contributed by atoms with E-state index in [4.69, 9.17) is 4.98 Å². The third-order valence-corrected chi connectivity index (χ3v) is 6.01. The fourth-order valence-electron chi connectivity index (χ4n) is 3.82. The molecule has 1 fully saturated rings. The number of piperidine rings is 1. The Morgan fingerprint density at radius 2 is 2.21 bits per heavy atom. The zero-order valence-electron chi connectivity index (χ0n) is 14.7. The van der Waals surface area contributed by atoms with Crippen LogP contribution in [0.5, 0.6) is 0 Å². The number of aryl methyl sites for hydroxylation is 3. The summed E-state index contributed by atoms with van der Waals surface area (Å²) in [6.45, 7) is 7.64. The van der Waals surface area contributed by atoms with Gasteiger partial charge in [-0.05, 0) is 39.2 Å². The molecule has 4 heterocycles. The minimum Gasteiger partial charge on any atom is -0.338 e. The van der Waals surface area contributed by atoms with Gasteiger partial charge in [0.05, 0.1) is 11.4 Å². The van der Waals surface area contributed by atoms with Crippen molar-refractivity contribution in [1.29, 1.82) is 0 Å². The fourth-order valence-corrected chi connectivity index (χ4v) is 4.71. The molecule has 128 valence electrons. The Morgan fingerprint density at radius 1 is 1.33 bits per heavy atom. The second kappa shape index (κ2) is 6.33. The van der Waals surface area contributed by atoms with E-state index in [9.17, 15) is 0 Å². The van der Waals surface area contributed by atoms with Gasteiger partial charge in [0.15, 0.2) is 4.96 Å². The molecule has 0 bridgehead atoms. The smallest absolute Gasteiger partial charge is 0.194 e. The summed E-state index contributed by atoms with van der Waals surface area (Å²) in [7, 11) is 2.09. The Labute approximate surface area is 147 Å². The summed E-state index contributed by atoms with van der Waals surface area (Å²) in [4.78, 5) is 14.3. The van der Waals surface area contributed by atoms with Crippen molar-refractivity contribution >= 4 is 16.3 Å². The molecule has 6 heteroatoms. The van der Waals surface area contributed by atoms with Crippen LogP contribution in [0.2, 0.25) is 0 Å². The van der Waals surface area contributed by atoms with Crippen molar-refractivity contribution in [2.24, 2.45) is 13.0 Å². The van der Waals surface area contributed by atoms with E-state index in [-0.39, 0.29) is 0 Å². The lowest BCUT2D eigenvalue weighted by Gasteiger charge is -2.32. The Kier molecular flexibility index (Phi) is 4.18. The largest absolute Gasteiger partial charge is 0.338 e. The van der Waals surface area contributed by atoms with Gasteiger partial charge in [0.25, 0.3) is 0 Å². The highest BCUT2D eigenvalue weighted by Crippen LogP contribution is 2.25. The average molecular weight is 344 g/mol. The topological polar surface area (TPSA) is 38.4 Å². The Morgan fingerprint density at radius 3 is 3.00 bits per heavy atom. The van der Waals surface area contributed by atoms with E-state index in [0.717, 1.165) is 24.5 Å². The molecule has 0 unspecified atom stereocenters. The number of imidazole rings is 2. The highest BCUT2D eigenvalue weighted by atomic mass is 32.1. The van der Waals surface area contributed by atoms with E-state index in [1.54, 1.807) is 11.3 Å². The third-order valence-electron chi connectivity index (χ3n) is 5.11. The summed E-state index contributed by atoms with van der Waals surface area (Å²) in [6.07, 6.45) is 9.84. The van der Waals surface area contributed by atoms with Crippen LogP contribution in [0, 0.1) is 19.8 Å². The molecule has 0 aromatic carbocycles. The van der Waals surface area contributed by atoms with Crippen LogP contribution in [0.4, 0.5) is 0 Å². The van der Waals surface area contributed by atoms with Gasteiger partial charge < -0.3 is 4.57 Å². The first kappa shape index (κ1) is 15.8. The molecule has 1 aliphatic heterocycles. The van der Waals surface area contributed by atoms with Crippen LogP contribution in [0.25, 0.3) is 4.96 Å². The van der Waals surface area contributed by atoms with Crippen LogP contribution in [0.3, 0.4) is 0 Å². The maximum Gasteiger partial charge on any atom is 0.194 e. The van der Waals surface area contributed by atoms with Crippen molar-refractivity contribution in [1.82, 2.24) is 23.8 Å². The molecule has 1 aliphatic rings. The minimum absolute atomic E-state index is 0.702. The number of hydrogen-bond acceptors (Lipinski definition) is 4. The van der Waals surface area contributed by atoms with Gasteiger partial charge in [-0.25, -0.2) is 9.97 Å². The zero-order valence-corrected chi connectivity index (χ0v) is 15.5. The fraction of sp³-hybridized carbons (Fsp3) is 0.556. The number of likely N-dealkylation sites (tertiary alicyclic amines) is 1. The predicted octanol–water partition coefficient (Wildman–Crippen LogP) is 3.20. The van der Waals surface area contributed by atoms with E-state index in [0.29, 0.717) is 5.92 Å². The molecule has 0 aliphatic carbocycles. The molecule has 0 amide bonds. The SMILES string of the molecule is Cc1cn2c(CN3CCC[C@H](Cc4nccn4C)C3)c(C)nc2s1. The maximum atomic E-state index is 4.73. The number of hydrogen-bond donors (Lipinski definition) is 0. The van der Waals surface area contributed by atoms with E-state index in [1.807, 2.05) is 12.4 Å². The average Bonchev–Trinajstić information content (AvgIpc) is 3.18. The minimum atomic E-state index is 0.702. The number of fused-ring (bicyclic) bond motifs is 1. The molecule has 3 aromatic heterocycles. The molecule has 1 saturated heterocycles. The molecular weight excluding hydrogens is 318 g/mol. The molecule has 1 atom stereocenters. The number of thiazole rings is 1. The molecule has 0 radical (unpaired) electrons. The van der Waals surface area contributed by atoms with Gasteiger partial charge in [-0.1, -0.05) is 0 Å². The van der Waals surface area contributed by atoms with Crippen molar-refractivity contribution in [2.45, 2.75) is 39.7 Å². The van der Waals surface area contributed by atoms with Gasteiger partial charge in [-0.15, -0.1) is 11.3 Å². The van der Waals surface area contributed by atoms with Crippen LogP contribution < -0.4 is 0 Å². The lowest BCUT2D eigenvalue weighted by atomic mass is 9.94. The van der Waals surface area contributed by atoms with Gasteiger partial charge >= 0.3 is 0 Å². The first-order valence-electron chi connectivity index (χ1n) is 8.72. The van der Waals surface area contributed by atoms with Crippen molar-refractivity contribution in [3.63, 3.8) is 0 Å².